The maximum absolute atomic E-state index is 9.61. The number of hydrogen-bond acceptors (Lipinski definition) is 4. The molecule has 0 fully saturated rings. The van der Waals surface area contributed by atoms with Crippen LogP contribution in [0.3, 0.4) is 0 Å². The van der Waals surface area contributed by atoms with E-state index in [4.69, 9.17) is 5.02 Å². The third-order valence-corrected chi connectivity index (χ3v) is 0.644. The second-order valence-electron chi connectivity index (χ2n) is 1.51. The summed E-state index contributed by atoms with van der Waals surface area (Å²) in [4.78, 5) is 3.57. The molecule has 2 N–H and O–H groups in total. The van der Waals surface area contributed by atoms with E-state index in [2.05, 4.69) is 10.2 Å². The molecular formula is C3H8B2N2O2. The predicted molar refractivity (Wildman–Crippen MR) is 36.8 cm³/mol. The van der Waals surface area contributed by atoms with Crippen molar-refractivity contribution < 1.29 is 9.73 Å². The zero-order valence-corrected chi connectivity index (χ0v) is 5.24. The Balaban J connectivity index is 3.08. The van der Waals surface area contributed by atoms with Gasteiger partial charge in [0.15, 0.2) is 0 Å². The second-order valence-corrected chi connectivity index (χ2v) is 1.51. The summed E-state index contributed by atoms with van der Waals surface area (Å²) in [6.07, 6.45) is 1.13. The molecule has 0 aromatic rings. The molecule has 48 valence electrons. The van der Waals surface area contributed by atoms with Crippen LogP contribution in [-0.2, 0) is 4.70 Å². The van der Waals surface area contributed by atoms with E-state index >= 15 is 0 Å². The van der Waals surface area contributed by atoms with Crippen molar-refractivity contribution in [2.75, 3.05) is 6.67 Å². The minimum absolute atomic E-state index is 0.274. The monoisotopic (exact) mass is 126 g/mol. The third-order valence-electron chi connectivity index (χ3n) is 0.644. The van der Waals surface area contributed by atoms with Crippen molar-refractivity contribution in [1.29, 1.82) is 0 Å². The molecule has 0 bridgehead atoms. The van der Waals surface area contributed by atoms with E-state index in [1.807, 2.05) is 0 Å². The van der Waals surface area contributed by atoms with Crippen molar-refractivity contribution in [3.05, 3.63) is 0 Å². The standard InChI is InChI=1S/C3H8B2N2O2/c1-5(9)7-3-6-2-4-8/h2,7,9H,3H2,1H3/b6-2+. The van der Waals surface area contributed by atoms with Crippen molar-refractivity contribution in [3.8, 4) is 0 Å². The van der Waals surface area contributed by atoms with Crippen molar-refractivity contribution in [1.82, 2.24) is 5.23 Å². The fraction of sp³-hybridized carbons (Fsp3) is 0.667. The van der Waals surface area contributed by atoms with Gasteiger partial charge in [0.1, 0.15) is 0 Å². The van der Waals surface area contributed by atoms with Crippen molar-refractivity contribution in [3.63, 3.8) is 0 Å². The van der Waals surface area contributed by atoms with Crippen LogP contribution in [0, 0.1) is 0 Å². The first-order valence-electron chi connectivity index (χ1n) is 2.62. The van der Waals surface area contributed by atoms with Crippen LogP contribution in [0.1, 0.15) is 0 Å². The summed E-state index contributed by atoms with van der Waals surface area (Å²) in [6, 6.07) is 0. The van der Waals surface area contributed by atoms with Gasteiger partial charge in [-0.2, -0.15) is 0 Å². The van der Waals surface area contributed by atoms with Gasteiger partial charge < -0.3 is 0 Å². The number of aliphatic imine (C=N–C) groups is 1. The summed E-state index contributed by atoms with van der Waals surface area (Å²) >= 11 is 0. The van der Waals surface area contributed by atoms with Crippen LogP contribution in [0.25, 0.3) is 0 Å². The summed E-state index contributed by atoms with van der Waals surface area (Å²) in [5, 5.41) is 11.2. The average molecular weight is 126 g/mol. The SMILES string of the molecule is CB(O)NC/N=C/B=O. The molecule has 6 heteroatoms. The number of hydrogen-bond donors (Lipinski definition) is 2. The molecule has 0 aliphatic carbocycles. The van der Waals surface area contributed by atoms with Crippen LogP contribution >= 0.6 is 0 Å². The number of rotatable bonds is 4. The van der Waals surface area contributed by atoms with Gasteiger partial charge >= 0.3 is 53.8 Å². The van der Waals surface area contributed by atoms with Crippen LogP contribution in [-0.4, -0.2) is 32.0 Å². The normalized spacial score (nSPS) is 9.56. The fourth-order valence-electron chi connectivity index (χ4n) is 0.281. The topological polar surface area (TPSA) is 61.7 Å². The molecule has 0 atom stereocenters. The Labute approximate surface area is 54.8 Å². The molecular weight excluding hydrogens is 118 g/mol. The van der Waals surface area contributed by atoms with E-state index in [1.54, 1.807) is 6.82 Å². The van der Waals surface area contributed by atoms with Gasteiger partial charge in [-0.1, -0.05) is 0 Å². The average Bonchev–Trinajstić information content (AvgIpc) is 1.80. The zero-order valence-electron chi connectivity index (χ0n) is 5.24. The third kappa shape index (κ3) is 7.52. The van der Waals surface area contributed by atoms with Gasteiger partial charge in [-0.25, -0.2) is 0 Å². The molecule has 9 heavy (non-hydrogen) atoms. The Morgan fingerprint density at radius 2 is 2.67 bits per heavy atom. The van der Waals surface area contributed by atoms with Gasteiger partial charge in [0, 0.05) is 0 Å². The van der Waals surface area contributed by atoms with E-state index in [0.717, 1.165) is 6.11 Å². The van der Waals surface area contributed by atoms with Crippen LogP contribution in [0.2, 0.25) is 6.82 Å². The van der Waals surface area contributed by atoms with Gasteiger partial charge in [0.25, 0.3) is 0 Å². The molecule has 0 saturated heterocycles. The molecule has 0 aliphatic heterocycles. The number of nitrogens with zero attached hydrogens (tertiary/aromatic N) is 1. The van der Waals surface area contributed by atoms with E-state index in [0.29, 0.717) is 7.15 Å². The molecule has 0 aromatic heterocycles. The van der Waals surface area contributed by atoms with Gasteiger partial charge in [0.2, 0.25) is 0 Å². The Hall–Kier alpha value is -0.480. The van der Waals surface area contributed by atoms with Crippen molar-refractivity contribution in [2.24, 2.45) is 4.99 Å². The van der Waals surface area contributed by atoms with Crippen molar-refractivity contribution >= 4 is 20.3 Å². The molecule has 0 aromatic carbocycles. The van der Waals surface area contributed by atoms with E-state index in [1.165, 1.54) is 0 Å². The Bertz CT molecular complexity index is 106. The first kappa shape index (κ1) is 8.52. The maximum atomic E-state index is 9.61. The molecule has 0 unspecified atom stereocenters. The van der Waals surface area contributed by atoms with Gasteiger partial charge in [-0.3, -0.25) is 0 Å². The molecule has 4 nitrogen and oxygen atoms in total. The molecule has 0 saturated carbocycles. The fourth-order valence-corrected chi connectivity index (χ4v) is 0.281. The Morgan fingerprint density at radius 1 is 2.00 bits per heavy atom. The van der Waals surface area contributed by atoms with E-state index in [-0.39, 0.29) is 6.67 Å². The molecule has 0 heterocycles. The second kappa shape index (κ2) is 5.65. The van der Waals surface area contributed by atoms with Crippen LogP contribution in [0.15, 0.2) is 4.99 Å². The predicted octanol–water partition coefficient (Wildman–Crippen LogP) is -1.28. The minimum atomic E-state index is -0.575. The first-order chi connectivity index (χ1) is 4.27. The van der Waals surface area contributed by atoms with E-state index in [9.17, 15) is 4.70 Å². The summed E-state index contributed by atoms with van der Waals surface area (Å²) in [7, 11) is 0.0118. The zero-order chi connectivity index (χ0) is 7.11. The van der Waals surface area contributed by atoms with Gasteiger partial charge in [0.05, 0.1) is 0 Å². The molecule has 0 amide bonds. The summed E-state index contributed by atoms with van der Waals surface area (Å²) < 4.78 is 9.61. The first-order valence-corrected chi connectivity index (χ1v) is 2.62. The summed E-state index contributed by atoms with van der Waals surface area (Å²) in [5.74, 6) is 0. The molecule has 0 radical (unpaired) electrons. The number of nitrogens with one attached hydrogen (secondary N) is 1. The Morgan fingerprint density at radius 3 is 3.11 bits per heavy atom. The van der Waals surface area contributed by atoms with Gasteiger partial charge in [-0.15, -0.1) is 0 Å². The Kier molecular flexibility index (Phi) is 5.35. The molecule has 0 rings (SSSR count). The summed E-state index contributed by atoms with van der Waals surface area (Å²) in [5.41, 5.74) is 0. The van der Waals surface area contributed by atoms with Crippen LogP contribution in [0.5, 0.6) is 0 Å². The van der Waals surface area contributed by atoms with E-state index < -0.39 is 7.05 Å². The van der Waals surface area contributed by atoms with Crippen LogP contribution in [0.4, 0.5) is 0 Å². The van der Waals surface area contributed by atoms with Crippen molar-refractivity contribution in [2.45, 2.75) is 6.82 Å². The van der Waals surface area contributed by atoms with Gasteiger partial charge in [-0.05, 0) is 0 Å². The van der Waals surface area contributed by atoms with Crippen LogP contribution < -0.4 is 5.23 Å². The summed E-state index contributed by atoms with van der Waals surface area (Å²) in [6.45, 7) is 1.85. The molecule has 0 aliphatic rings. The molecule has 0 spiro atoms. The quantitative estimate of drug-likeness (QED) is 0.364.